The molecule has 0 unspecified atom stereocenters. The molecule has 8 nitrogen and oxygen atoms in total. The number of amides is 1. The van der Waals surface area contributed by atoms with Crippen LogP contribution in [0.5, 0.6) is 0 Å². The molecule has 0 spiro atoms. The summed E-state index contributed by atoms with van der Waals surface area (Å²) >= 11 is 1.26. The molecular formula is C22H13F3N6O2S. The van der Waals surface area contributed by atoms with E-state index < -0.39 is 29.4 Å². The van der Waals surface area contributed by atoms with Crippen LogP contribution in [-0.2, 0) is 6.42 Å². The summed E-state index contributed by atoms with van der Waals surface area (Å²) in [7, 11) is 0. The Balaban J connectivity index is 1.40. The van der Waals surface area contributed by atoms with Crippen LogP contribution in [0.15, 0.2) is 47.1 Å². The molecule has 0 fully saturated rings. The number of rotatable bonds is 3. The highest BCUT2D eigenvalue weighted by atomic mass is 32.1. The molecule has 5 aromatic rings. The summed E-state index contributed by atoms with van der Waals surface area (Å²) in [5.41, 5.74) is 1.51. The van der Waals surface area contributed by atoms with E-state index in [0.29, 0.717) is 27.9 Å². The molecule has 1 atom stereocenters. The zero-order valence-electron chi connectivity index (χ0n) is 17.1. The standard InChI is InChI=1S/C22H13F3N6O2S/c23-10-4-5-11(13(25)8-10)19-29-30-20(33-19)22(32)31-7-6-14-17(27-9-26-14)18(31)21-28-16-12(24)2-1-3-15(16)34-21/h1-5,8-9,18H,6-7H2,(H,26,27)/t18-/m0/s1. The van der Waals surface area contributed by atoms with Crippen LogP contribution in [0.3, 0.4) is 0 Å². The lowest BCUT2D eigenvalue weighted by atomic mass is 10.0. The van der Waals surface area contributed by atoms with Crippen molar-refractivity contribution >= 4 is 27.5 Å². The van der Waals surface area contributed by atoms with Crippen LogP contribution in [0.25, 0.3) is 21.7 Å². The predicted molar refractivity (Wildman–Crippen MR) is 114 cm³/mol. The quantitative estimate of drug-likeness (QED) is 0.412. The van der Waals surface area contributed by atoms with E-state index in [9.17, 15) is 18.0 Å². The lowest BCUT2D eigenvalue weighted by Crippen LogP contribution is -2.41. The predicted octanol–water partition coefficient (Wildman–Crippen LogP) is 4.27. The van der Waals surface area contributed by atoms with Crippen molar-refractivity contribution in [2.24, 2.45) is 0 Å². The number of carbonyl (C=O) groups is 1. The summed E-state index contributed by atoms with van der Waals surface area (Å²) in [5, 5.41) is 8.02. The highest BCUT2D eigenvalue weighted by molar-refractivity contribution is 7.18. The van der Waals surface area contributed by atoms with Gasteiger partial charge in [0.1, 0.15) is 34.0 Å². The number of nitrogens with zero attached hydrogens (tertiary/aromatic N) is 5. The third-order valence-electron chi connectivity index (χ3n) is 5.58. The molecule has 0 saturated heterocycles. The van der Waals surface area contributed by atoms with Crippen molar-refractivity contribution in [2.75, 3.05) is 6.54 Å². The van der Waals surface area contributed by atoms with E-state index in [1.165, 1.54) is 28.6 Å². The number of aromatic amines is 1. The average molecular weight is 482 g/mol. The molecule has 4 heterocycles. The van der Waals surface area contributed by atoms with Gasteiger partial charge in [0.2, 0.25) is 0 Å². The fourth-order valence-electron chi connectivity index (χ4n) is 4.00. The zero-order valence-corrected chi connectivity index (χ0v) is 17.9. The Morgan fingerprint density at radius 1 is 1.15 bits per heavy atom. The molecule has 0 bridgehead atoms. The summed E-state index contributed by atoms with van der Waals surface area (Å²) < 4.78 is 47.8. The minimum atomic E-state index is -0.892. The van der Waals surface area contributed by atoms with E-state index in [-0.39, 0.29) is 29.4 Å². The Bertz CT molecular complexity index is 1560. The van der Waals surface area contributed by atoms with Crippen molar-refractivity contribution in [3.63, 3.8) is 0 Å². The van der Waals surface area contributed by atoms with Crippen molar-refractivity contribution in [3.8, 4) is 11.5 Å². The second-order valence-electron chi connectivity index (χ2n) is 7.59. The molecule has 6 rings (SSSR count). The first-order valence-corrected chi connectivity index (χ1v) is 11.0. The molecule has 3 aromatic heterocycles. The lowest BCUT2D eigenvalue weighted by Gasteiger charge is -2.32. The average Bonchev–Trinajstić information content (AvgIpc) is 3.57. The van der Waals surface area contributed by atoms with Gasteiger partial charge in [-0.15, -0.1) is 21.5 Å². The van der Waals surface area contributed by atoms with Gasteiger partial charge in [0.05, 0.1) is 22.3 Å². The first kappa shape index (κ1) is 20.5. The van der Waals surface area contributed by atoms with Crippen LogP contribution < -0.4 is 0 Å². The molecule has 1 amide bonds. The third-order valence-corrected chi connectivity index (χ3v) is 6.65. The number of para-hydroxylation sites is 1. The number of aromatic nitrogens is 5. The van der Waals surface area contributed by atoms with Crippen LogP contribution in [-0.4, -0.2) is 42.5 Å². The van der Waals surface area contributed by atoms with Gasteiger partial charge in [-0.3, -0.25) is 4.79 Å². The number of thiazole rings is 1. The topological polar surface area (TPSA) is 101 Å². The number of carbonyl (C=O) groups excluding carboxylic acids is 1. The monoisotopic (exact) mass is 482 g/mol. The molecule has 12 heteroatoms. The van der Waals surface area contributed by atoms with Gasteiger partial charge < -0.3 is 14.3 Å². The first-order valence-electron chi connectivity index (χ1n) is 10.2. The number of fused-ring (bicyclic) bond motifs is 2. The van der Waals surface area contributed by atoms with Crippen molar-refractivity contribution < 1.29 is 22.4 Å². The fraction of sp³-hybridized carbons (Fsp3) is 0.136. The number of imidazole rings is 1. The molecule has 0 saturated carbocycles. The summed E-state index contributed by atoms with van der Waals surface area (Å²) in [4.78, 5) is 26.8. The van der Waals surface area contributed by atoms with Gasteiger partial charge in [0.15, 0.2) is 0 Å². The number of halogens is 3. The normalized spacial score (nSPS) is 15.6. The lowest BCUT2D eigenvalue weighted by molar-refractivity contribution is 0.0650. The molecule has 0 radical (unpaired) electrons. The van der Waals surface area contributed by atoms with E-state index in [4.69, 9.17) is 4.42 Å². The highest BCUT2D eigenvalue weighted by Gasteiger charge is 2.38. The Kier molecular flexibility index (Phi) is 4.69. The van der Waals surface area contributed by atoms with E-state index in [1.807, 2.05) is 0 Å². The first-order chi connectivity index (χ1) is 16.5. The molecular weight excluding hydrogens is 469 g/mol. The Labute approximate surface area is 193 Å². The van der Waals surface area contributed by atoms with Crippen LogP contribution in [0, 0.1) is 17.5 Å². The summed E-state index contributed by atoms with van der Waals surface area (Å²) in [6.07, 6.45) is 2.02. The summed E-state index contributed by atoms with van der Waals surface area (Å²) in [6, 6.07) is 6.85. The van der Waals surface area contributed by atoms with Crippen molar-refractivity contribution in [2.45, 2.75) is 12.5 Å². The Morgan fingerprint density at radius 3 is 2.85 bits per heavy atom. The number of hydrogen-bond acceptors (Lipinski definition) is 7. The van der Waals surface area contributed by atoms with Crippen molar-refractivity contribution in [3.05, 3.63) is 82.5 Å². The van der Waals surface area contributed by atoms with Gasteiger partial charge in [-0.2, -0.15) is 0 Å². The van der Waals surface area contributed by atoms with E-state index in [2.05, 4.69) is 25.1 Å². The van der Waals surface area contributed by atoms with Gasteiger partial charge >= 0.3 is 11.8 Å². The van der Waals surface area contributed by atoms with Crippen LogP contribution in [0.4, 0.5) is 13.2 Å². The van der Waals surface area contributed by atoms with Crippen molar-refractivity contribution in [1.29, 1.82) is 0 Å². The smallest absolute Gasteiger partial charge is 0.312 e. The second-order valence-corrected chi connectivity index (χ2v) is 8.65. The number of hydrogen-bond donors (Lipinski definition) is 1. The largest absolute Gasteiger partial charge is 0.412 e. The number of benzene rings is 2. The molecule has 1 N–H and O–H groups in total. The maximum Gasteiger partial charge on any atom is 0.312 e. The Hall–Kier alpha value is -4.06. The molecule has 0 aliphatic carbocycles. The van der Waals surface area contributed by atoms with Crippen LogP contribution in [0.1, 0.15) is 33.1 Å². The molecule has 34 heavy (non-hydrogen) atoms. The van der Waals surface area contributed by atoms with Crippen LogP contribution >= 0.6 is 11.3 Å². The molecule has 170 valence electrons. The third kappa shape index (κ3) is 3.25. The van der Waals surface area contributed by atoms with E-state index in [1.54, 1.807) is 12.1 Å². The zero-order chi connectivity index (χ0) is 23.4. The molecule has 1 aliphatic heterocycles. The SMILES string of the molecule is O=C(c1nnc(-c2ccc(F)cc2F)o1)N1CCc2[nH]cnc2[C@H]1c1nc2c(F)cccc2s1. The van der Waals surface area contributed by atoms with Gasteiger partial charge in [-0.1, -0.05) is 6.07 Å². The van der Waals surface area contributed by atoms with Gasteiger partial charge in [-0.05, 0) is 24.3 Å². The fourth-order valence-corrected chi connectivity index (χ4v) is 5.10. The van der Waals surface area contributed by atoms with Crippen LogP contribution in [0.2, 0.25) is 0 Å². The molecule has 1 aliphatic rings. The van der Waals surface area contributed by atoms with E-state index in [0.717, 1.165) is 17.8 Å². The minimum Gasteiger partial charge on any atom is -0.412 e. The summed E-state index contributed by atoms with van der Waals surface area (Å²) in [5.74, 6) is -3.34. The van der Waals surface area contributed by atoms with Gasteiger partial charge in [0.25, 0.3) is 5.89 Å². The van der Waals surface area contributed by atoms with E-state index >= 15 is 0 Å². The van der Waals surface area contributed by atoms with Gasteiger partial charge in [0, 0.05) is 24.7 Å². The van der Waals surface area contributed by atoms with Crippen molar-refractivity contribution in [1.82, 2.24) is 30.0 Å². The molecule has 2 aromatic carbocycles. The highest BCUT2D eigenvalue weighted by Crippen LogP contribution is 2.38. The van der Waals surface area contributed by atoms with Gasteiger partial charge in [-0.25, -0.2) is 23.1 Å². The second kappa shape index (κ2) is 7.76. The minimum absolute atomic E-state index is 0.126. The Morgan fingerprint density at radius 2 is 2.03 bits per heavy atom. The number of H-pyrrole nitrogens is 1. The maximum absolute atomic E-state index is 14.3. The maximum atomic E-state index is 14.3. The number of nitrogens with one attached hydrogen (secondary N) is 1. The summed E-state index contributed by atoms with van der Waals surface area (Å²) in [6.45, 7) is 0.278.